The van der Waals surface area contributed by atoms with Gasteiger partial charge in [-0.1, -0.05) is 0 Å². The zero-order valence-corrected chi connectivity index (χ0v) is 12.6. The van der Waals surface area contributed by atoms with E-state index in [1.54, 1.807) is 7.11 Å². The highest BCUT2D eigenvalue weighted by atomic mass is 16.5. The Hall–Kier alpha value is -1.75. The van der Waals surface area contributed by atoms with E-state index in [-0.39, 0.29) is 12.0 Å². The Morgan fingerprint density at radius 2 is 2.33 bits per heavy atom. The lowest BCUT2D eigenvalue weighted by Gasteiger charge is -2.24. The smallest absolute Gasteiger partial charge is 0.220 e. The largest absolute Gasteiger partial charge is 0.496 e. The Bertz CT molecular complexity index is 535. The Kier molecular flexibility index (Phi) is 4.01. The SMILES string of the molecule is COc1cc2c(cc1CNC1CCC(=O)NC1)OC(C)C2. The van der Waals surface area contributed by atoms with Gasteiger partial charge in [-0.2, -0.15) is 0 Å². The first-order valence-corrected chi connectivity index (χ1v) is 7.52. The molecule has 1 fully saturated rings. The van der Waals surface area contributed by atoms with Gasteiger partial charge in [0, 0.05) is 43.1 Å². The summed E-state index contributed by atoms with van der Waals surface area (Å²) in [6, 6.07) is 4.48. The quantitative estimate of drug-likeness (QED) is 0.880. The maximum Gasteiger partial charge on any atom is 0.220 e. The molecule has 2 aliphatic heterocycles. The molecule has 2 heterocycles. The predicted octanol–water partition coefficient (Wildman–Crippen LogP) is 1.39. The second-order valence-corrected chi connectivity index (χ2v) is 5.82. The first-order valence-electron chi connectivity index (χ1n) is 7.52. The number of amides is 1. The van der Waals surface area contributed by atoms with Crippen LogP contribution in [0.15, 0.2) is 12.1 Å². The molecule has 0 bridgehead atoms. The molecule has 0 aromatic heterocycles. The maximum absolute atomic E-state index is 11.2. The number of rotatable bonds is 4. The number of benzene rings is 1. The highest BCUT2D eigenvalue weighted by Crippen LogP contribution is 2.34. The van der Waals surface area contributed by atoms with E-state index in [1.807, 2.05) is 0 Å². The third-order valence-electron chi connectivity index (χ3n) is 4.15. The summed E-state index contributed by atoms with van der Waals surface area (Å²) in [5.41, 5.74) is 2.32. The van der Waals surface area contributed by atoms with E-state index in [9.17, 15) is 4.79 Å². The number of hydrogen-bond acceptors (Lipinski definition) is 4. The van der Waals surface area contributed by atoms with Crippen molar-refractivity contribution in [3.63, 3.8) is 0 Å². The van der Waals surface area contributed by atoms with Gasteiger partial charge in [0.2, 0.25) is 5.91 Å². The van der Waals surface area contributed by atoms with Crippen molar-refractivity contribution in [2.75, 3.05) is 13.7 Å². The van der Waals surface area contributed by atoms with Crippen molar-refractivity contribution in [2.24, 2.45) is 0 Å². The monoisotopic (exact) mass is 290 g/mol. The minimum atomic E-state index is 0.144. The van der Waals surface area contributed by atoms with Crippen LogP contribution in [0.4, 0.5) is 0 Å². The first kappa shape index (κ1) is 14.2. The van der Waals surface area contributed by atoms with Gasteiger partial charge in [-0.15, -0.1) is 0 Å². The lowest BCUT2D eigenvalue weighted by atomic mass is 10.0. The molecule has 21 heavy (non-hydrogen) atoms. The number of hydrogen-bond donors (Lipinski definition) is 2. The third-order valence-corrected chi connectivity index (χ3v) is 4.15. The lowest BCUT2D eigenvalue weighted by molar-refractivity contribution is -0.122. The fraction of sp³-hybridized carbons (Fsp3) is 0.562. The summed E-state index contributed by atoms with van der Waals surface area (Å²) < 4.78 is 11.3. The highest BCUT2D eigenvalue weighted by molar-refractivity contribution is 5.76. The number of nitrogens with one attached hydrogen (secondary N) is 2. The van der Waals surface area contributed by atoms with Crippen LogP contribution in [0.1, 0.15) is 30.9 Å². The second-order valence-electron chi connectivity index (χ2n) is 5.82. The molecule has 1 amide bonds. The van der Waals surface area contributed by atoms with E-state index in [2.05, 4.69) is 29.7 Å². The molecule has 0 saturated carbocycles. The molecule has 0 radical (unpaired) electrons. The zero-order chi connectivity index (χ0) is 14.8. The van der Waals surface area contributed by atoms with Crippen LogP contribution in [0.2, 0.25) is 0 Å². The normalized spacial score (nSPS) is 24.2. The number of fused-ring (bicyclic) bond motifs is 1. The summed E-state index contributed by atoms with van der Waals surface area (Å²) in [6.07, 6.45) is 2.65. The Labute approximate surface area is 125 Å². The van der Waals surface area contributed by atoms with E-state index in [0.717, 1.165) is 29.9 Å². The van der Waals surface area contributed by atoms with Crippen LogP contribution < -0.4 is 20.1 Å². The van der Waals surface area contributed by atoms with E-state index in [4.69, 9.17) is 9.47 Å². The molecular formula is C16H22N2O3. The summed E-state index contributed by atoms with van der Waals surface area (Å²) in [4.78, 5) is 11.2. The number of methoxy groups -OCH3 is 1. The lowest BCUT2D eigenvalue weighted by Crippen LogP contribution is -2.45. The van der Waals surface area contributed by atoms with Crippen LogP contribution in [0.25, 0.3) is 0 Å². The number of ether oxygens (including phenoxy) is 2. The molecule has 2 aliphatic rings. The molecule has 2 unspecified atom stereocenters. The minimum Gasteiger partial charge on any atom is -0.496 e. The van der Waals surface area contributed by atoms with Gasteiger partial charge in [0.15, 0.2) is 0 Å². The fourth-order valence-corrected chi connectivity index (χ4v) is 2.97. The molecule has 1 saturated heterocycles. The van der Waals surface area contributed by atoms with Gasteiger partial charge in [0.1, 0.15) is 17.6 Å². The Morgan fingerprint density at radius 1 is 1.48 bits per heavy atom. The van der Waals surface area contributed by atoms with E-state index in [0.29, 0.717) is 25.6 Å². The predicted molar refractivity (Wildman–Crippen MR) is 79.7 cm³/mol. The van der Waals surface area contributed by atoms with E-state index in [1.165, 1.54) is 5.56 Å². The van der Waals surface area contributed by atoms with Crippen LogP contribution in [0.3, 0.4) is 0 Å². The van der Waals surface area contributed by atoms with Gasteiger partial charge in [-0.3, -0.25) is 4.79 Å². The van der Waals surface area contributed by atoms with E-state index < -0.39 is 0 Å². The van der Waals surface area contributed by atoms with Gasteiger partial charge in [-0.05, 0) is 25.5 Å². The van der Waals surface area contributed by atoms with Crippen LogP contribution in [0.5, 0.6) is 11.5 Å². The molecule has 1 aromatic carbocycles. The fourth-order valence-electron chi connectivity index (χ4n) is 2.97. The molecule has 114 valence electrons. The number of piperidine rings is 1. The van der Waals surface area contributed by atoms with Crippen molar-refractivity contribution in [1.29, 1.82) is 0 Å². The first-order chi connectivity index (χ1) is 10.2. The summed E-state index contributed by atoms with van der Waals surface area (Å²) in [7, 11) is 1.70. The van der Waals surface area contributed by atoms with Crippen LogP contribution in [0, 0.1) is 0 Å². The molecule has 2 N–H and O–H groups in total. The molecular weight excluding hydrogens is 268 g/mol. The molecule has 0 aliphatic carbocycles. The van der Waals surface area contributed by atoms with Gasteiger partial charge in [-0.25, -0.2) is 0 Å². The molecule has 2 atom stereocenters. The third kappa shape index (κ3) is 3.13. The van der Waals surface area contributed by atoms with Gasteiger partial charge >= 0.3 is 0 Å². The van der Waals surface area contributed by atoms with E-state index >= 15 is 0 Å². The number of carbonyl (C=O) groups is 1. The minimum absolute atomic E-state index is 0.144. The summed E-state index contributed by atoms with van der Waals surface area (Å²) in [5, 5.41) is 6.37. The van der Waals surface area contributed by atoms with Crippen molar-refractivity contribution in [2.45, 2.75) is 44.9 Å². The van der Waals surface area contributed by atoms with Gasteiger partial charge < -0.3 is 20.1 Å². The average Bonchev–Trinajstić information content (AvgIpc) is 2.84. The van der Waals surface area contributed by atoms with Crippen molar-refractivity contribution >= 4 is 5.91 Å². The molecule has 1 aromatic rings. The maximum atomic E-state index is 11.2. The highest BCUT2D eigenvalue weighted by Gasteiger charge is 2.22. The van der Waals surface area contributed by atoms with Crippen molar-refractivity contribution in [3.05, 3.63) is 23.3 Å². The van der Waals surface area contributed by atoms with Gasteiger partial charge in [0.05, 0.1) is 7.11 Å². The van der Waals surface area contributed by atoms with Crippen LogP contribution in [-0.4, -0.2) is 31.7 Å². The Morgan fingerprint density at radius 3 is 3.05 bits per heavy atom. The summed E-state index contributed by atoms with van der Waals surface area (Å²) in [6.45, 7) is 3.49. The van der Waals surface area contributed by atoms with Crippen LogP contribution in [-0.2, 0) is 17.8 Å². The second kappa shape index (κ2) is 5.93. The number of carbonyl (C=O) groups excluding carboxylic acids is 1. The van der Waals surface area contributed by atoms with Crippen LogP contribution >= 0.6 is 0 Å². The molecule has 5 nitrogen and oxygen atoms in total. The van der Waals surface area contributed by atoms with Crippen molar-refractivity contribution < 1.29 is 14.3 Å². The molecule has 5 heteroatoms. The summed E-state index contributed by atoms with van der Waals surface area (Å²) >= 11 is 0. The Balaban J connectivity index is 1.67. The van der Waals surface area contributed by atoms with Crippen molar-refractivity contribution in [1.82, 2.24) is 10.6 Å². The molecule has 0 spiro atoms. The topological polar surface area (TPSA) is 59.6 Å². The standard InChI is InChI=1S/C16H22N2O3/c1-10-5-11-6-14(20-2)12(7-15(11)21-10)8-17-13-3-4-16(19)18-9-13/h6-7,10,13,17H,3-5,8-9H2,1-2H3,(H,18,19). The zero-order valence-electron chi connectivity index (χ0n) is 12.6. The van der Waals surface area contributed by atoms with Gasteiger partial charge in [0.25, 0.3) is 0 Å². The average molecular weight is 290 g/mol. The van der Waals surface area contributed by atoms with Crippen molar-refractivity contribution in [3.8, 4) is 11.5 Å². The summed E-state index contributed by atoms with van der Waals surface area (Å²) in [5.74, 6) is 2.02. The molecule has 3 rings (SSSR count).